The monoisotopic (exact) mass is 422 g/mol. The third-order valence-electron chi connectivity index (χ3n) is 5.47. The molecule has 6 N–H and O–H groups in total. The number of fused-ring (bicyclic) bond motifs is 1. The van der Waals surface area contributed by atoms with Crippen LogP contribution in [-0.4, -0.2) is 53.9 Å². The van der Waals surface area contributed by atoms with Crippen molar-refractivity contribution < 1.29 is 14.4 Å². The van der Waals surface area contributed by atoms with Crippen molar-refractivity contribution in [2.24, 2.45) is 5.73 Å². The van der Waals surface area contributed by atoms with Gasteiger partial charge >= 0.3 is 6.03 Å². The van der Waals surface area contributed by atoms with Crippen molar-refractivity contribution >= 4 is 40.9 Å². The smallest absolute Gasteiger partial charge is 0.316 e. The second-order valence-electron chi connectivity index (χ2n) is 7.76. The molecule has 3 heterocycles. The number of nitrogens with two attached hydrogens (primary N) is 1. The van der Waals surface area contributed by atoms with Crippen molar-refractivity contribution in [3.05, 3.63) is 47.3 Å². The van der Waals surface area contributed by atoms with Crippen LogP contribution >= 0.6 is 0 Å². The Morgan fingerprint density at radius 2 is 2.00 bits per heavy atom. The molecule has 4 amide bonds. The van der Waals surface area contributed by atoms with Crippen LogP contribution < -0.4 is 21.7 Å². The number of hydrogen-bond donors (Lipinski definition) is 5. The SMILES string of the molecule is NC(=O)Nc1ccc2c(c1)/C(=C/c1cc(C(=O)NCCCN3CCCC3)c[nH]1)C(=O)N2. The molecule has 2 aromatic rings. The number of rotatable bonds is 7. The van der Waals surface area contributed by atoms with Crippen LogP contribution in [0.5, 0.6) is 0 Å². The van der Waals surface area contributed by atoms with Crippen LogP contribution in [0.3, 0.4) is 0 Å². The molecule has 0 aliphatic carbocycles. The fraction of sp³-hybridized carbons (Fsp3) is 0.318. The largest absolute Gasteiger partial charge is 0.361 e. The van der Waals surface area contributed by atoms with Gasteiger partial charge in [-0.15, -0.1) is 0 Å². The van der Waals surface area contributed by atoms with Crippen LogP contribution in [0.15, 0.2) is 30.5 Å². The van der Waals surface area contributed by atoms with E-state index in [4.69, 9.17) is 5.73 Å². The molecule has 1 saturated heterocycles. The van der Waals surface area contributed by atoms with E-state index in [9.17, 15) is 14.4 Å². The number of aromatic amines is 1. The van der Waals surface area contributed by atoms with E-state index in [-0.39, 0.29) is 11.8 Å². The minimum Gasteiger partial charge on any atom is -0.361 e. The summed E-state index contributed by atoms with van der Waals surface area (Å²) in [7, 11) is 0. The van der Waals surface area contributed by atoms with Gasteiger partial charge in [0, 0.05) is 35.4 Å². The maximum Gasteiger partial charge on any atom is 0.316 e. The Labute approximate surface area is 180 Å². The van der Waals surface area contributed by atoms with Gasteiger partial charge in [-0.1, -0.05) is 0 Å². The van der Waals surface area contributed by atoms with Crippen molar-refractivity contribution in [3.8, 4) is 0 Å². The Bertz CT molecular complexity index is 1040. The van der Waals surface area contributed by atoms with Crippen LogP contribution in [0, 0.1) is 0 Å². The Hall–Kier alpha value is -3.59. The third-order valence-corrected chi connectivity index (χ3v) is 5.47. The highest BCUT2D eigenvalue weighted by Gasteiger charge is 2.25. The molecule has 0 saturated carbocycles. The molecule has 0 atom stereocenters. The van der Waals surface area contributed by atoms with Gasteiger partial charge in [-0.25, -0.2) is 4.79 Å². The van der Waals surface area contributed by atoms with Gasteiger partial charge < -0.3 is 31.6 Å². The van der Waals surface area contributed by atoms with Crippen molar-refractivity contribution in [2.45, 2.75) is 19.3 Å². The van der Waals surface area contributed by atoms with Crippen LogP contribution in [-0.2, 0) is 4.79 Å². The van der Waals surface area contributed by atoms with Gasteiger partial charge in [0.15, 0.2) is 0 Å². The van der Waals surface area contributed by atoms with Crippen molar-refractivity contribution in [1.29, 1.82) is 0 Å². The van der Waals surface area contributed by atoms with Gasteiger partial charge in [0.05, 0.1) is 11.1 Å². The van der Waals surface area contributed by atoms with Crippen molar-refractivity contribution in [1.82, 2.24) is 15.2 Å². The maximum atomic E-state index is 12.4. The number of urea groups is 1. The fourth-order valence-corrected chi connectivity index (χ4v) is 3.95. The summed E-state index contributed by atoms with van der Waals surface area (Å²) in [5.74, 6) is -0.403. The Morgan fingerprint density at radius 1 is 1.19 bits per heavy atom. The summed E-state index contributed by atoms with van der Waals surface area (Å²) in [4.78, 5) is 41.4. The lowest BCUT2D eigenvalue weighted by atomic mass is 10.1. The molecule has 0 radical (unpaired) electrons. The van der Waals surface area contributed by atoms with Gasteiger partial charge in [0.2, 0.25) is 0 Å². The molecule has 162 valence electrons. The molecule has 1 fully saturated rings. The van der Waals surface area contributed by atoms with E-state index in [2.05, 4.69) is 25.8 Å². The topological polar surface area (TPSA) is 132 Å². The normalized spacial score (nSPS) is 16.9. The van der Waals surface area contributed by atoms with Crippen LogP contribution in [0.2, 0.25) is 0 Å². The van der Waals surface area contributed by atoms with E-state index in [1.807, 2.05) is 0 Å². The molecule has 2 aliphatic heterocycles. The summed E-state index contributed by atoms with van der Waals surface area (Å²) in [6, 6.07) is 6.08. The van der Waals surface area contributed by atoms with Gasteiger partial charge in [0.1, 0.15) is 0 Å². The maximum absolute atomic E-state index is 12.4. The zero-order valence-electron chi connectivity index (χ0n) is 17.2. The number of primary amides is 1. The molecule has 9 nitrogen and oxygen atoms in total. The first kappa shape index (κ1) is 20.7. The van der Waals surface area contributed by atoms with E-state index in [1.165, 1.54) is 12.8 Å². The van der Waals surface area contributed by atoms with Crippen molar-refractivity contribution in [3.63, 3.8) is 0 Å². The molecule has 0 unspecified atom stereocenters. The molecule has 0 spiro atoms. The molecule has 4 rings (SSSR count). The second-order valence-corrected chi connectivity index (χ2v) is 7.76. The van der Waals surface area contributed by atoms with E-state index in [0.717, 1.165) is 26.1 Å². The van der Waals surface area contributed by atoms with E-state index in [1.54, 1.807) is 36.5 Å². The fourth-order valence-electron chi connectivity index (χ4n) is 3.95. The minimum absolute atomic E-state index is 0.147. The lowest BCUT2D eigenvalue weighted by Crippen LogP contribution is -2.28. The summed E-state index contributed by atoms with van der Waals surface area (Å²) in [6.07, 6.45) is 6.75. The Morgan fingerprint density at radius 3 is 2.77 bits per heavy atom. The summed E-state index contributed by atoms with van der Waals surface area (Å²) < 4.78 is 0. The van der Waals surface area contributed by atoms with E-state index in [0.29, 0.717) is 40.3 Å². The predicted molar refractivity (Wildman–Crippen MR) is 120 cm³/mol. The number of H-pyrrole nitrogens is 1. The highest BCUT2D eigenvalue weighted by Crippen LogP contribution is 2.35. The number of aromatic nitrogens is 1. The number of carbonyl (C=O) groups excluding carboxylic acids is 3. The standard InChI is InChI=1S/C22H26N6O3/c23-22(31)26-15-4-5-19-17(11-15)18(21(30)27-19)12-16-10-14(13-25-16)20(29)24-6-3-9-28-7-1-2-8-28/h4-5,10-13,25H,1-3,6-9H2,(H,24,29)(H,27,30)(H3,23,26,31)/b18-12-. The molecule has 31 heavy (non-hydrogen) atoms. The third kappa shape index (κ3) is 4.95. The van der Waals surface area contributed by atoms with Gasteiger partial charge in [-0.2, -0.15) is 0 Å². The van der Waals surface area contributed by atoms with Gasteiger partial charge in [0.25, 0.3) is 11.8 Å². The number of carbonyl (C=O) groups is 3. The Balaban J connectivity index is 1.40. The number of amides is 4. The van der Waals surface area contributed by atoms with Crippen LogP contribution in [0.25, 0.3) is 11.6 Å². The number of nitrogens with one attached hydrogen (secondary N) is 4. The first-order valence-corrected chi connectivity index (χ1v) is 10.4. The van der Waals surface area contributed by atoms with Crippen LogP contribution in [0.4, 0.5) is 16.2 Å². The molecule has 1 aromatic heterocycles. The quantitative estimate of drug-likeness (QED) is 0.346. The number of likely N-dealkylation sites (tertiary alicyclic amines) is 1. The molecular weight excluding hydrogens is 396 g/mol. The van der Waals surface area contributed by atoms with E-state index >= 15 is 0 Å². The number of anilines is 2. The number of nitrogens with zero attached hydrogens (tertiary/aromatic N) is 1. The molecule has 1 aromatic carbocycles. The summed E-state index contributed by atoms with van der Waals surface area (Å²) in [5, 5.41) is 8.23. The van der Waals surface area contributed by atoms with E-state index < -0.39 is 6.03 Å². The molecule has 0 bridgehead atoms. The summed E-state index contributed by atoms with van der Waals surface area (Å²) >= 11 is 0. The highest BCUT2D eigenvalue weighted by atomic mass is 16.2. The first-order chi connectivity index (χ1) is 15.0. The molecular formula is C22H26N6O3. The number of benzene rings is 1. The average molecular weight is 422 g/mol. The summed E-state index contributed by atoms with van der Waals surface area (Å²) in [6.45, 7) is 3.94. The second kappa shape index (κ2) is 9.05. The minimum atomic E-state index is -0.678. The van der Waals surface area contributed by atoms with Gasteiger partial charge in [-0.05, 0) is 69.2 Å². The summed E-state index contributed by atoms with van der Waals surface area (Å²) in [5.41, 5.74) is 8.54. The first-order valence-electron chi connectivity index (χ1n) is 10.4. The molecule has 9 heteroatoms. The molecule has 2 aliphatic rings. The lowest BCUT2D eigenvalue weighted by molar-refractivity contribution is -0.110. The zero-order valence-corrected chi connectivity index (χ0v) is 17.2. The van der Waals surface area contributed by atoms with Gasteiger partial charge in [-0.3, -0.25) is 9.59 Å². The Kier molecular flexibility index (Phi) is 6.03. The zero-order chi connectivity index (χ0) is 21.8. The highest BCUT2D eigenvalue weighted by molar-refractivity contribution is 6.35. The number of hydrogen-bond acceptors (Lipinski definition) is 4. The average Bonchev–Trinajstić information content (AvgIpc) is 3.47. The lowest BCUT2D eigenvalue weighted by Gasteiger charge is -2.14. The van der Waals surface area contributed by atoms with Crippen LogP contribution in [0.1, 0.15) is 40.9 Å². The predicted octanol–water partition coefficient (Wildman–Crippen LogP) is 2.21. The van der Waals surface area contributed by atoms with Crippen molar-refractivity contribution in [2.75, 3.05) is 36.8 Å².